The molecule has 3 aromatic rings. The van der Waals surface area contributed by atoms with Gasteiger partial charge in [-0.05, 0) is 24.3 Å². The van der Waals surface area contributed by atoms with Gasteiger partial charge in [-0.15, -0.1) is 0 Å². The van der Waals surface area contributed by atoms with E-state index in [1.54, 1.807) is 12.1 Å². The second kappa shape index (κ2) is 10.2. The Morgan fingerprint density at radius 2 is 1.72 bits per heavy atom. The van der Waals surface area contributed by atoms with E-state index >= 15 is 0 Å². The number of nitrogens with two attached hydrogens (primary N) is 1. The lowest BCUT2D eigenvalue weighted by Gasteiger charge is -2.29. The number of carbonyl (C=O) groups is 2. The molecule has 192 valence electrons. The number of esters is 2. The van der Waals surface area contributed by atoms with Crippen LogP contribution in [-0.4, -0.2) is 64.8 Å². The highest BCUT2D eigenvalue weighted by molar-refractivity contribution is 7.89. The summed E-state index contributed by atoms with van der Waals surface area (Å²) in [4.78, 5) is 36.5. The van der Waals surface area contributed by atoms with Gasteiger partial charge in [-0.2, -0.15) is 0 Å². The standard InChI is InChI=1S/C21H21Cl2N5O7S/c1-10(29)33-15-16(34-11(2)30)20(28-9-27-14-18(24)25-8-26-19(14)28)35-17(15)21(22,23)36(31)13-6-4-12(32-3)5-7-13/h4-9,15-17,20H,1-3H3,(H2,24,25,26)/t15-,16+,17-,20+,36-/m0/s1. The highest BCUT2D eigenvalue weighted by Crippen LogP contribution is 2.46. The number of fused-ring (bicyclic) bond motifs is 1. The number of carbonyl (C=O) groups excluding carboxylic acids is 2. The lowest BCUT2D eigenvalue weighted by Crippen LogP contribution is -2.47. The van der Waals surface area contributed by atoms with E-state index in [2.05, 4.69) is 15.0 Å². The van der Waals surface area contributed by atoms with Crippen molar-refractivity contribution in [2.75, 3.05) is 12.8 Å². The Morgan fingerprint density at radius 3 is 2.33 bits per heavy atom. The molecule has 1 saturated heterocycles. The predicted octanol–water partition coefficient (Wildman–Crippen LogP) is 2.12. The highest BCUT2D eigenvalue weighted by atomic mass is 35.5. The van der Waals surface area contributed by atoms with Crippen molar-refractivity contribution in [2.45, 2.75) is 46.9 Å². The second-order valence-electron chi connectivity index (χ2n) is 7.68. The summed E-state index contributed by atoms with van der Waals surface area (Å²) >= 11 is 13.3. The Bertz CT molecular complexity index is 1320. The number of alkyl halides is 2. The zero-order chi connectivity index (χ0) is 26.2. The van der Waals surface area contributed by atoms with Gasteiger partial charge in [0.05, 0.1) is 24.2 Å². The molecule has 2 N–H and O–H groups in total. The van der Waals surface area contributed by atoms with Gasteiger partial charge >= 0.3 is 11.9 Å². The van der Waals surface area contributed by atoms with E-state index in [0.29, 0.717) is 5.75 Å². The maximum atomic E-state index is 13.5. The molecule has 15 heteroatoms. The van der Waals surface area contributed by atoms with E-state index in [1.165, 1.54) is 43.4 Å². The lowest BCUT2D eigenvalue weighted by molar-refractivity contribution is -0.165. The first-order valence-corrected chi connectivity index (χ1v) is 12.3. The predicted molar refractivity (Wildman–Crippen MR) is 129 cm³/mol. The number of benzene rings is 1. The number of nitrogens with zero attached hydrogens (tertiary/aromatic N) is 4. The van der Waals surface area contributed by atoms with Crippen molar-refractivity contribution in [3.63, 3.8) is 0 Å². The number of halogens is 2. The quantitative estimate of drug-likeness (QED) is 0.335. The smallest absolute Gasteiger partial charge is 0.303 e. The molecular weight excluding hydrogens is 537 g/mol. The molecule has 5 atom stereocenters. The van der Waals surface area contributed by atoms with Crippen molar-refractivity contribution in [3.8, 4) is 5.75 Å². The van der Waals surface area contributed by atoms with Crippen LogP contribution in [0.2, 0.25) is 0 Å². The first-order chi connectivity index (χ1) is 17.0. The van der Waals surface area contributed by atoms with Crippen LogP contribution in [-0.2, 0) is 34.6 Å². The lowest BCUT2D eigenvalue weighted by atomic mass is 10.1. The van der Waals surface area contributed by atoms with Gasteiger partial charge in [-0.1, -0.05) is 23.2 Å². The Kier molecular flexibility index (Phi) is 7.36. The van der Waals surface area contributed by atoms with Gasteiger partial charge in [0.2, 0.25) is 3.67 Å². The van der Waals surface area contributed by atoms with Crippen molar-refractivity contribution < 1.29 is 32.7 Å². The first kappa shape index (κ1) is 26.1. The van der Waals surface area contributed by atoms with Gasteiger partial charge < -0.3 is 24.7 Å². The maximum Gasteiger partial charge on any atom is 0.303 e. The summed E-state index contributed by atoms with van der Waals surface area (Å²) in [5, 5.41) is 0. The largest absolute Gasteiger partial charge is 0.497 e. The molecule has 0 saturated carbocycles. The van der Waals surface area contributed by atoms with Gasteiger partial charge in [-0.3, -0.25) is 18.4 Å². The van der Waals surface area contributed by atoms with Crippen LogP contribution in [0.5, 0.6) is 5.75 Å². The average molecular weight is 558 g/mol. The third-order valence-corrected chi connectivity index (χ3v) is 8.00. The number of methoxy groups -OCH3 is 1. The third-order valence-electron chi connectivity index (χ3n) is 5.31. The van der Waals surface area contributed by atoms with Gasteiger partial charge in [0, 0.05) is 18.7 Å². The zero-order valence-electron chi connectivity index (χ0n) is 19.2. The Hall–Kier alpha value is -3.00. The molecule has 0 spiro atoms. The summed E-state index contributed by atoms with van der Waals surface area (Å²) in [7, 11) is -0.612. The third kappa shape index (κ3) is 4.83. The molecule has 1 aliphatic rings. The molecule has 36 heavy (non-hydrogen) atoms. The minimum absolute atomic E-state index is 0.110. The molecule has 4 rings (SSSR count). The fourth-order valence-corrected chi connectivity index (χ4v) is 5.77. The zero-order valence-corrected chi connectivity index (χ0v) is 21.5. The fourth-order valence-electron chi connectivity index (χ4n) is 3.79. The molecule has 1 aromatic carbocycles. The second-order valence-corrected chi connectivity index (χ2v) is 11.2. The van der Waals surface area contributed by atoms with Crippen LogP contribution in [0.4, 0.5) is 5.82 Å². The highest BCUT2D eigenvalue weighted by Gasteiger charge is 2.60. The van der Waals surface area contributed by atoms with Crippen molar-refractivity contribution in [1.82, 2.24) is 19.5 Å². The molecule has 0 radical (unpaired) electrons. The van der Waals surface area contributed by atoms with Crippen LogP contribution in [0.1, 0.15) is 20.1 Å². The average Bonchev–Trinajstić information content (AvgIpc) is 3.41. The topological polar surface area (TPSA) is 158 Å². The summed E-state index contributed by atoms with van der Waals surface area (Å²) in [6.45, 7) is 2.33. The van der Waals surface area contributed by atoms with Gasteiger partial charge in [0.25, 0.3) is 0 Å². The summed E-state index contributed by atoms with van der Waals surface area (Å²) in [6.07, 6.45) is -2.63. The number of imidazole rings is 1. The Labute approximate surface area is 217 Å². The minimum Gasteiger partial charge on any atom is -0.497 e. The van der Waals surface area contributed by atoms with Crippen LogP contribution in [0, 0.1) is 0 Å². The number of aromatic nitrogens is 4. The fraction of sp³-hybridized carbons (Fsp3) is 0.381. The molecular formula is C21H21Cl2N5O7S. The Balaban J connectivity index is 1.78. The Morgan fingerprint density at radius 1 is 1.08 bits per heavy atom. The van der Waals surface area contributed by atoms with Crippen LogP contribution in [0.15, 0.2) is 41.8 Å². The molecule has 0 bridgehead atoms. The summed E-state index contributed by atoms with van der Waals surface area (Å²) < 4.78 is 34.9. The van der Waals surface area contributed by atoms with E-state index in [9.17, 15) is 13.8 Å². The van der Waals surface area contributed by atoms with Crippen LogP contribution in [0.25, 0.3) is 11.2 Å². The van der Waals surface area contributed by atoms with E-state index in [4.69, 9.17) is 47.9 Å². The summed E-state index contributed by atoms with van der Waals surface area (Å²) in [5.74, 6) is -0.786. The SMILES string of the molecule is COc1ccc([S@](=O)C(Cl)(Cl)[C@H]2O[C@@H](n3cnc4c(N)ncnc43)[C@H](OC(C)=O)[C@@H]2OC(C)=O)cc1. The molecule has 1 aliphatic heterocycles. The van der Waals surface area contributed by atoms with Crippen LogP contribution in [0.3, 0.4) is 0 Å². The van der Waals surface area contributed by atoms with Gasteiger partial charge in [0.1, 0.15) is 23.7 Å². The monoisotopic (exact) mass is 557 g/mol. The number of rotatable bonds is 7. The number of nitrogen functional groups attached to an aromatic ring is 1. The van der Waals surface area contributed by atoms with Gasteiger partial charge in [-0.25, -0.2) is 15.0 Å². The van der Waals surface area contributed by atoms with Crippen molar-refractivity contribution in [1.29, 1.82) is 0 Å². The summed E-state index contributed by atoms with van der Waals surface area (Å²) in [6, 6.07) is 6.22. The van der Waals surface area contributed by atoms with E-state index in [0.717, 1.165) is 6.92 Å². The van der Waals surface area contributed by atoms with E-state index in [-0.39, 0.29) is 21.9 Å². The van der Waals surface area contributed by atoms with E-state index < -0.39 is 50.9 Å². The molecule has 1 fully saturated rings. The van der Waals surface area contributed by atoms with Crippen molar-refractivity contribution in [3.05, 3.63) is 36.9 Å². The molecule has 0 unspecified atom stereocenters. The molecule has 2 aromatic heterocycles. The summed E-state index contributed by atoms with van der Waals surface area (Å²) in [5.41, 5.74) is 6.40. The van der Waals surface area contributed by atoms with E-state index in [1.807, 2.05) is 0 Å². The maximum absolute atomic E-state index is 13.5. The number of ether oxygens (including phenoxy) is 4. The minimum atomic E-state index is -2.16. The molecule has 0 aliphatic carbocycles. The van der Waals surface area contributed by atoms with Crippen LogP contribution >= 0.6 is 23.2 Å². The van der Waals surface area contributed by atoms with Crippen molar-refractivity contribution in [2.24, 2.45) is 0 Å². The number of hydrogen-bond acceptors (Lipinski definition) is 11. The molecule has 0 amide bonds. The molecule has 3 heterocycles. The van der Waals surface area contributed by atoms with Crippen LogP contribution < -0.4 is 10.5 Å². The number of hydrogen-bond donors (Lipinski definition) is 1. The van der Waals surface area contributed by atoms with Crippen molar-refractivity contribution >= 4 is 62.9 Å². The normalized spacial score (nSPS) is 22.8. The first-order valence-electron chi connectivity index (χ1n) is 10.4. The molecule has 12 nitrogen and oxygen atoms in total. The van der Waals surface area contributed by atoms with Gasteiger partial charge in [0.15, 0.2) is 29.9 Å². The number of anilines is 1.